The lowest BCUT2D eigenvalue weighted by Crippen LogP contribution is -2.27. The number of amides is 1. The van der Waals surface area contributed by atoms with Gasteiger partial charge in [-0.15, -0.1) is 0 Å². The number of aldehydes is 1. The summed E-state index contributed by atoms with van der Waals surface area (Å²) in [5.41, 5.74) is 3.55. The minimum Gasteiger partial charge on any atom is -0.378 e. The Balaban J connectivity index is 2.40. The van der Waals surface area contributed by atoms with Crippen LogP contribution in [-0.4, -0.2) is 26.3 Å². The number of nitrogens with zero attached hydrogens (tertiary/aromatic N) is 1. The largest absolute Gasteiger partial charge is 0.378 e. The van der Waals surface area contributed by atoms with Crippen molar-refractivity contribution in [1.29, 1.82) is 0 Å². The van der Waals surface area contributed by atoms with Crippen LogP contribution in [0, 0.1) is 0 Å². The zero-order valence-corrected chi connectivity index (χ0v) is 13.0. The second kappa shape index (κ2) is 6.89. The highest BCUT2D eigenvalue weighted by molar-refractivity contribution is 5.76. The lowest BCUT2D eigenvalue weighted by molar-refractivity contribution is -0.119. The van der Waals surface area contributed by atoms with Gasteiger partial charge in [0.15, 0.2) is 0 Å². The van der Waals surface area contributed by atoms with Crippen LogP contribution in [0.1, 0.15) is 34.5 Å². The van der Waals surface area contributed by atoms with Gasteiger partial charge in [0, 0.05) is 32.3 Å². The van der Waals surface area contributed by atoms with E-state index in [-0.39, 0.29) is 11.9 Å². The maximum atomic E-state index is 11.5. The molecule has 1 N–H and O–H groups in total. The van der Waals surface area contributed by atoms with Gasteiger partial charge in [-0.2, -0.15) is 0 Å². The van der Waals surface area contributed by atoms with Gasteiger partial charge in [0.05, 0.1) is 6.04 Å². The number of carbonyl (C=O) groups is 2. The fraction of sp³-hybridized carbons (Fsp3) is 0.222. The molecule has 1 unspecified atom stereocenters. The summed E-state index contributed by atoms with van der Waals surface area (Å²) in [5, 5.41) is 2.94. The summed E-state index contributed by atoms with van der Waals surface area (Å²) in [4.78, 5) is 24.5. The van der Waals surface area contributed by atoms with Crippen LogP contribution in [0.15, 0.2) is 48.5 Å². The average Bonchev–Trinajstić information content (AvgIpc) is 2.52. The molecular formula is C18H20N2O2. The molecule has 0 aliphatic rings. The van der Waals surface area contributed by atoms with Crippen LogP contribution < -0.4 is 10.2 Å². The maximum absolute atomic E-state index is 11.5. The molecule has 0 fully saturated rings. The van der Waals surface area contributed by atoms with Crippen molar-refractivity contribution in [3.63, 3.8) is 0 Å². The topological polar surface area (TPSA) is 49.4 Å². The van der Waals surface area contributed by atoms with E-state index in [9.17, 15) is 9.59 Å². The molecule has 4 nitrogen and oxygen atoms in total. The van der Waals surface area contributed by atoms with E-state index in [0.717, 1.165) is 23.1 Å². The van der Waals surface area contributed by atoms with E-state index in [2.05, 4.69) is 5.32 Å². The SMILES string of the molecule is CC(=O)NC(c1ccc(N(C)C)cc1)c1cccc(C=O)c1. The van der Waals surface area contributed by atoms with Gasteiger partial charge in [-0.1, -0.05) is 30.3 Å². The quantitative estimate of drug-likeness (QED) is 0.863. The normalized spacial score (nSPS) is 11.6. The van der Waals surface area contributed by atoms with Crippen molar-refractivity contribution in [2.45, 2.75) is 13.0 Å². The van der Waals surface area contributed by atoms with E-state index in [1.807, 2.05) is 55.4 Å². The Labute approximate surface area is 130 Å². The van der Waals surface area contributed by atoms with E-state index in [1.54, 1.807) is 12.1 Å². The molecule has 0 spiro atoms. The Hall–Kier alpha value is -2.62. The molecule has 0 radical (unpaired) electrons. The molecule has 22 heavy (non-hydrogen) atoms. The number of nitrogens with one attached hydrogen (secondary N) is 1. The van der Waals surface area contributed by atoms with Crippen LogP contribution >= 0.6 is 0 Å². The van der Waals surface area contributed by atoms with E-state index in [0.29, 0.717) is 5.56 Å². The zero-order valence-electron chi connectivity index (χ0n) is 13.0. The van der Waals surface area contributed by atoms with E-state index in [4.69, 9.17) is 0 Å². The van der Waals surface area contributed by atoms with Crippen molar-refractivity contribution in [1.82, 2.24) is 5.32 Å². The molecule has 114 valence electrons. The molecule has 2 aromatic rings. The van der Waals surface area contributed by atoms with Gasteiger partial charge in [0.1, 0.15) is 6.29 Å². The van der Waals surface area contributed by atoms with Crippen molar-refractivity contribution in [3.05, 3.63) is 65.2 Å². The van der Waals surface area contributed by atoms with E-state index >= 15 is 0 Å². The van der Waals surface area contributed by atoms with Gasteiger partial charge >= 0.3 is 0 Å². The number of anilines is 1. The Bertz CT molecular complexity index is 663. The standard InChI is InChI=1S/C18H20N2O2/c1-13(22)19-18(16-6-4-5-14(11-16)12-21)15-7-9-17(10-8-15)20(2)3/h4-12,18H,1-3H3,(H,19,22). The fourth-order valence-electron chi connectivity index (χ4n) is 2.34. The zero-order chi connectivity index (χ0) is 16.1. The first-order valence-electron chi connectivity index (χ1n) is 7.11. The summed E-state index contributed by atoms with van der Waals surface area (Å²) in [6.45, 7) is 1.49. The third kappa shape index (κ3) is 3.73. The van der Waals surface area contributed by atoms with Gasteiger partial charge in [-0.3, -0.25) is 9.59 Å². The molecule has 0 saturated carbocycles. The minimum atomic E-state index is -0.270. The summed E-state index contributed by atoms with van der Waals surface area (Å²) in [5.74, 6) is -0.113. The molecule has 4 heteroatoms. The number of hydrogen-bond donors (Lipinski definition) is 1. The number of hydrogen-bond acceptors (Lipinski definition) is 3. The predicted molar refractivity (Wildman–Crippen MR) is 88.3 cm³/mol. The Morgan fingerprint density at radius 1 is 1.09 bits per heavy atom. The Morgan fingerprint density at radius 2 is 1.77 bits per heavy atom. The van der Waals surface area contributed by atoms with Gasteiger partial charge in [0.25, 0.3) is 0 Å². The number of carbonyl (C=O) groups excluding carboxylic acids is 2. The summed E-state index contributed by atoms with van der Waals surface area (Å²) in [6.07, 6.45) is 0.809. The lowest BCUT2D eigenvalue weighted by Gasteiger charge is -2.20. The highest BCUT2D eigenvalue weighted by Crippen LogP contribution is 2.24. The number of benzene rings is 2. The van der Waals surface area contributed by atoms with Crippen LogP contribution in [0.3, 0.4) is 0 Å². The molecule has 0 aromatic heterocycles. The molecule has 0 saturated heterocycles. The van der Waals surface area contributed by atoms with Crippen molar-refractivity contribution in [2.75, 3.05) is 19.0 Å². The Morgan fingerprint density at radius 3 is 2.32 bits per heavy atom. The molecule has 0 aliphatic carbocycles. The maximum Gasteiger partial charge on any atom is 0.217 e. The highest BCUT2D eigenvalue weighted by atomic mass is 16.1. The summed E-state index contributed by atoms with van der Waals surface area (Å²) in [6, 6.07) is 15.0. The van der Waals surface area contributed by atoms with Gasteiger partial charge in [0.2, 0.25) is 5.91 Å². The second-order valence-electron chi connectivity index (χ2n) is 5.41. The predicted octanol–water partition coefficient (Wildman–Crippen LogP) is 2.79. The molecule has 0 bridgehead atoms. The third-order valence-corrected chi connectivity index (χ3v) is 3.47. The van der Waals surface area contributed by atoms with Gasteiger partial charge < -0.3 is 10.2 Å². The van der Waals surface area contributed by atoms with Crippen LogP contribution in [-0.2, 0) is 4.79 Å². The van der Waals surface area contributed by atoms with Crippen molar-refractivity contribution >= 4 is 17.9 Å². The molecule has 1 amide bonds. The smallest absolute Gasteiger partial charge is 0.217 e. The van der Waals surface area contributed by atoms with Crippen molar-refractivity contribution < 1.29 is 9.59 Å². The molecule has 2 aromatic carbocycles. The summed E-state index contributed by atoms with van der Waals surface area (Å²) >= 11 is 0. The monoisotopic (exact) mass is 296 g/mol. The molecule has 1 atom stereocenters. The fourth-order valence-corrected chi connectivity index (χ4v) is 2.34. The van der Waals surface area contributed by atoms with Crippen LogP contribution in [0.2, 0.25) is 0 Å². The number of rotatable bonds is 5. The van der Waals surface area contributed by atoms with E-state index < -0.39 is 0 Å². The summed E-state index contributed by atoms with van der Waals surface area (Å²) in [7, 11) is 3.96. The highest BCUT2D eigenvalue weighted by Gasteiger charge is 2.15. The Kier molecular flexibility index (Phi) is 4.94. The van der Waals surface area contributed by atoms with Crippen LogP contribution in [0.5, 0.6) is 0 Å². The van der Waals surface area contributed by atoms with Gasteiger partial charge in [-0.25, -0.2) is 0 Å². The first kappa shape index (κ1) is 15.8. The minimum absolute atomic E-state index is 0.113. The first-order valence-corrected chi connectivity index (χ1v) is 7.11. The molecular weight excluding hydrogens is 276 g/mol. The second-order valence-corrected chi connectivity index (χ2v) is 5.41. The summed E-state index contributed by atoms with van der Waals surface area (Å²) < 4.78 is 0. The van der Waals surface area contributed by atoms with Crippen molar-refractivity contribution in [2.24, 2.45) is 0 Å². The third-order valence-electron chi connectivity index (χ3n) is 3.47. The van der Waals surface area contributed by atoms with E-state index in [1.165, 1.54) is 6.92 Å². The molecule has 0 aliphatic heterocycles. The first-order chi connectivity index (χ1) is 10.5. The molecule has 0 heterocycles. The van der Waals surface area contributed by atoms with Crippen molar-refractivity contribution in [3.8, 4) is 0 Å². The lowest BCUT2D eigenvalue weighted by atomic mass is 9.97. The van der Waals surface area contributed by atoms with Crippen LogP contribution in [0.4, 0.5) is 5.69 Å². The van der Waals surface area contributed by atoms with Crippen LogP contribution in [0.25, 0.3) is 0 Å². The molecule has 2 rings (SSSR count). The average molecular weight is 296 g/mol. The van der Waals surface area contributed by atoms with Gasteiger partial charge in [-0.05, 0) is 29.3 Å².